The Morgan fingerprint density at radius 2 is 2.15 bits per heavy atom. The first-order valence-electron chi connectivity index (χ1n) is 4.61. The van der Waals surface area contributed by atoms with Crippen molar-refractivity contribution < 1.29 is 4.39 Å². The molecular weight excluding hydrogens is 187 g/mol. The Bertz CT molecular complexity index is 271. The monoisotopic (exact) mass is 200 g/mol. The minimum Gasteiger partial charge on any atom is -0.207 e. The second kappa shape index (κ2) is 5.23. The fraction of sp³-hybridized carbons (Fsp3) is 0.455. The van der Waals surface area contributed by atoms with Gasteiger partial charge in [0.05, 0.1) is 0 Å². The first-order valence-corrected chi connectivity index (χ1v) is 5.15. The maximum absolute atomic E-state index is 13.3. The van der Waals surface area contributed by atoms with Gasteiger partial charge in [0.2, 0.25) is 0 Å². The van der Waals surface area contributed by atoms with E-state index < -0.39 is 0 Å². The van der Waals surface area contributed by atoms with E-state index in [0.717, 1.165) is 30.4 Å². The van der Waals surface area contributed by atoms with Gasteiger partial charge in [0.1, 0.15) is 5.82 Å². The molecule has 0 aromatic heterocycles. The zero-order chi connectivity index (χ0) is 9.68. The van der Waals surface area contributed by atoms with Crippen LogP contribution in [0.25, 0.3) is 0 Å². The zero-order valence-electron chi connectivity index (χ0n) is 7.82. The second-order valence-electron chi connectivity index (χ2n) is 3.02. The van der Waals surface area contributed by atoms with Crippen LogP contribution < -0.4 is 0 Å². The molecule has 0 N–H and O–H groups in total. The smallest absolute Gasteiger partial charge is 0.126 e. The molecule has 0 atom stereocenters. The van der Waals surface area contributed by atoms with Crippen LogP contribution in [0.2, 0.25) is 0 Å². The summed E-state index contributed by atoms with van der Waals surface area (Å²) in [6.07, 6.45) is 2.48. The van der Waals surface area contributed by atoms with Crippen LogP contribution in [0, 0.1) is 5.82 Å². The Morgan fingerprint density at radius 1 is 1.38 bits per heavy atom. The Balaban J connectivity index is 2.87. The van der Waals surface area contributed by atoms with Gasteiger partial charge in [-0.05, 0) is 36.5 Å². The third-order valence-electron chi connectivity index (χ3n) is 2.16. The Kier molecular flexibility index (Phi) is 4.23. The van der Waals surface area contributed by atoms with Gasteiger partial charge >= 0.3 is 0 Å². The lowest BCUT2D eigenvalue weighted by Gasteiger charge is -2.07. The van der Waals surface area contributed by atoms with Crippen molar-refractivity contribution >= 4 is 11.6 Å². The predicted molar refractivity (Wildman–Crippen MR) is 54.8 cm³/mol. The molecule has 0 bridgehead atoms. The van der Waals surface area contributed by atoms with Crippen LogP contribution >= 0.6 is 11.6 Å². The lowest BCUT2D eigenvalue weighted by atomic mass is 10.0. The number of rotatable bonds is 4. The standard InChI is InChI=1S/C11H14ClF/c1-2-9-5-3-7-11(13)10(9)6-4-8-12/h3,5,7H,2,4,6,8H2,1H3. The SMILES string of the molecule is CCc1cccc(F)c1CCCCl. The highest BCUT2D eigenvalue weighted by Gasteiger charge is 2.05. The van der Waals surface area contributed by atoms with Gasteiger partial charge in [0.15, 0.2) is 0 Å². The molecule has 0 radical (unpaired) electrons. The van der Waals surface area contributed by atoms with Crippen LogP contribution in [0.5, 0.6) is 0 Å². The average molecular weight is 201 g/mol. The summed E-state index contributed by atoms with van der Waals surface area (Å²) >= 11 is 5.58. The van der Waals surface area contributed by atoms with Gasteiger partial charge in [-0.2, -0.15) is 0 Å². The van der Waals surface area contributed by atoms with Gasteiger partial charge in [0, 0.05) is 5.88 Å². The highest BCUT2D eigenvalue weighted by atomic mass is 35.5. The molecule has 72 valence electrons. The summed E-state index contributed by atoms with van der Waals surface area (Å²) in [4.78, 5) is 0. The van der Waals surface area contributed by atoms with Crippen LogP contribution in [-0.2, 0) is 12.8 Å². The van der Waals surface area contributed by atoms with Crippen LogP contribution in [0.1, 0.15) is 24.5 Å². The molecule has 0 saturated carbocycles. The molecule has 0 aliphatic carbocycles. The van der Waals surface area contributed by atoms with E-state index in [1.165, 1.54) is 6.07 Å². The largest absolute Gasteiger partial charge is 0.207 e. The minimum atomic E-state index is -0.0931. The summed E-state index contributed by atoms with van der Waals surface area (Å²) in [7, 11) is 0. The first kappa shape index (κ1) is 10.5. The van der Waals surface area contributed by atoms with Gasteiger partial charge in [-0.25, -0.2) is 4.39 Å². The Hall–Kier alpha value is -0.560. The molecule has 0 unspecified atom stereocenters. The Morgan fingerprint density at radius 3 is 2.77 bits per heavy atom. The molecule has 0 nitrogen and oxygen atoms in total. The van der Waals surface area contributed by atoms with E-state index in [9.17, 15) is 4.39 Å². The molecule has 0 spiro atoms. The fourth-order valence-corrected chi connectivity index (χ4v) is 1.59. The van der Waals surface area contributed by atoms with E-state index in [1.807, 2.05) is 13.0 Å². The summed E-state index contributed by atoms with van der Waals surface area (Å²) in [6, 6.07) is 5.26. The summed E-state index contributed by atoms with van der Waals surface area (Å²) in [5, 5.41) is 0. The quantitative estimate of drug-likeness (QED) is 0.652. The molecule has 13 heavy (non-hydrogen) atoms. The van der Waals surface area contributed by atoms with Crippen molar-refractivity contribution in [2.45, 2.75) is 26.2 Å². The van der Waals surface area contributed by atoms with Crippen molar-refractivity contribution in [1.82, 2.24) is 0 Å². The van der Waals surface area contributed by atoms with Crippen LogP contribution in [0.3, 0.4) is 0 Å². The molecular formula is C11H14ClF. The van der Waals surface area contributed by atoms with Crippen LogP contribution in [0.15, 0.2) is 18.2 Å². The van der Waals surface area contributed by atoms with Gasteiger partial charge in [-0.1, -0.05) is 19.1 Å². The highest BCUT2D eigenvalue weighted by Crippen LogP contribution is 2.16. The summed E-state index contributed by atoms with van der Waals surface area (Å²) in [6.45, 7) is 2.04. The van der Waals surface area contributed by atoms with Crippen molar-refractivity contribution in [3.05, 3.63) is 35.1 Å². The van der Waals surface area contributed by atoms with Gasteiger partial charge < -0.3 is 0 Å². The molecule has 1 rings (SSSR count). The third-order valence-corrected chi connectivity index (χ3v) is 2.42. The zero-order valence-corrected chi connectivity index (χ0v) is 8.57. The number of hydrogen-bond donors (Lipinski definition) is 0. The van der Waals surface area contributed by atoms with E-state index in [1.54, 1.807) is 6.07 Å². The maximum atomic E-state index is 13.3. The third kappa shape index (κ3) is 2.70. The first-order chi connectivity index (χ1) is 6.29. The van der Waals surface area contributed by atoms with Crippen molar-refractivity contribution in [3.63, 3.8) is 0 Å². The molecule has 0 amide bonds. The van der Waals surface area contributed by atoms with E-state index in [-0.39, 0.29) is 5.82 Å². The predicted octanol–water partition coefficient (Wildman–Crippen LogP) is 3.56. The summed E-state index contributed by atoms with van der Waals surface area (Å²) < 4.78 is 13.3. The van der Waals surface area contributed by atoms with Gasteiger partial charge in [-0.15, -0.1) is 11.6 Å². The summed E-state index contributed by atoms with van der Waals surface area (Å²) in [5.74, 6) is 0.502. The lowest BCUT2D eigenvalue weighted by Crippen LogP contribution is -1.97. The number of halogens is 2. The number of alkyl halides is 1. The van der Waals surface area contributed by atoms with E-state index in [2.05, 4.69) is 0 Å². The molecule has 1 aromatic rings. The normalized spacial score (nSPS) is 10.4. The molecule has 0 saturated heterocycles. The fourth-order valence-electron chi connectivity index (χ4n) is 1.46. The maximum Gasteiger partial charge on any atom is 0.126 e. The molecule has 2 heteroatoms. The molecule has 0 fully saturated rings. The molecule has 0 heterocycles. The van der Waals surface area contributed by atoms with E-state index >= 15 is 0 Å². The van der Waals surface area contributed by atoms with Crippen molar-refractivity contribution in [3.8, 4) is 0 Å². The van der Waals surface area contributed by atoms with Gasteiger partial charge in [0.25, 0.3) is 0 Å². The van der Waals surface area contributed by atoms with Crippen LogP contribution in [0.4, 0.5) is 4.39 Å². The minimum absolute atomic E-state index is 0.0931. The highest BCUT2D eigenvalue weighted by molar-refractivity contribution is 6.17. The molecule has 0 aliphatic rings. The lowest BCUT2D eigenvalue weighted by molar-refractivity contribution is 0.604. The summed E-state index contributed by atoms with van der Waals surface area (Å²) in [5.41, 5.74) is 1.94. The molecule has 1 aromatic carbocycles. The van der Waals surface area contributed by atoms with Crippen molar-refractivity contribution in [1.29, 1.82) is 0 Å². The van der Waals surface area contributed by atoms with E-state index in [0.29, 0.717) is 5.88 Å². The number of benzene rings is 1. The second-order valence-corrected chi connectivity index (χ2v) is 3.40. The van der Waals surface area contributed by atoms with E-state index in [4.69, 9.17) is 11.6 Å². The Labute approximate surface area is 83.7 Å². The van der Waals surface area contributed by atoms with Gasteiger partial charge in [-0.3, -0.25) is 0 Å². The topological polar surface area (TPSA) is 0 Å². The molecule has 0 aliphatic heterocycles. The van der Waals surface area contributed by atoms with Crippen LogP contribution in [-0.4, -0.2) is 5.88 Å². The average Bonchev–Trinajstić information content (AvgIpc) is 2.15. The van der Waals surface area contributed by atoms with Crippen molar-refractivity contribution in [2.24, 2.45) is 0 Å². The number of aryl methyl sites for hydroxylation is 1. The van der Waals surface area contributed by atoms with Crippen molar-refractivity contribution in [2.75, 3.05) is 5.88 Å². The number of hydrogen-bond acceptors (Lipinski definition) is 0.